The fourth-order valence-corrected chi connectivity index (χ4v) is 3.41. The van der Waals surface area contributed by atoms with Crippen molar-refractivity contribution in [3.05, 3.63) is 0 Å². The Bertz CT molecular complexity index is 393. The topological polar surface area (TPSA) is 87.2 Å². The molecule has 0 spiro atoms. The third-order valence-corrected chi connectivity index (χ3v) is 4.89. The van der Waals surface area contributed by atoms with Crippen LogP contribution in [0.2, 0.25) is 0 Å². The number of rotatable bonds is 2. The number of hydrogen-bond donors (Lipinski definition) is 1. The van der Waals surface area contributed by atoms with Gasteiger partial charge < -0.3 is 19.6 Å². The van der Waals surface area contributed by atoms with Gasteiger partial charge in [0.1, 0.15) is 5.92 Å². The van der Waals surface area contributed by atoms with Crippen LogP contribution in [0.5, 0.6) is 0 Å². The fraction of sp³-hybridized carbons (Fsp3) is 0.818. The average Bonchev–Trinajstić information content (AvgIpc) is 2.87. The summed E-state index contributed by atoms with van der Waals surface area (Å²) in [4.78, 5) is 26.4. The van der Waals surface area contributed by atoms with Crippen LogP contribution in [0.25, 0.3) is 0 Å². The van der Waals surface area contributed by atoms with Crippen molar-refractivity contribution in [3.63, 3.8) is 0 Å². The molecule has 0 radical (unpaired) electrons. The molecule has 0 aromatic carbocycles. The first-order valence-electron chi connectivity index (χ1n) is 6.18. The van der Waals surface area contributed by atoms with Crippen molar-refractivity contribution >= 4 is 22.8 Å². The van der Waals surface area contributed by atoms with Gasteiger partial charge in [-0.1, -0.05) is 0 Å². The number of likely N-dealkylation sites (N-methyl/N-ethyl adjacent to an activating group) is 1. The summed E-state index contributed by atoms with van der Waals surface area (Å²) in [5, 5.41) is 9.09. The number of hydrogen-bond acceptors (Lipinski definition) is 4. The third kappa shape index (κ3) is 3.06. The van der Waals surface area contributed by atoms with Crippen molar-refractivity contribution < 1.29 is 23.6 Å². The summed E-state index contributed by atoms with van der Waals surface area (Å²) in [6.45, 7) is 1.31. The molecule has 2 unspecified atom stereocenters. The van der Waals surface area contributed by atoms with E-state index < -0.39 is 28.7 Å². The zero-order chi connectivity index (χ0) is 14.0. The Morgan fingerprint density at radius 3 is 2.53 bits per heavy atom. The van der Waals surface area contributed by atoms with Crippen LogP contribution in [0, 0.1) is 5.92 Å². The van der Waals surface area contributed by atoms with Gasteiger partial charge in [-0.2, -0.15) is 0 Å². The third-order valence-electron chi connectivity index (χ3n) is 3.62. The number of aliphatic carboxylic acids is 1. The highest BCUT2D eigenvalue weighted by Crippen LogP contribution is 2.20. The van der Waals surface area contributed by atoms with Gasteiger partial charge in [-0.15, -0.1) is 0 Å². The van der Waals surface area contributed by atoms with Crippen LogP contribution < -0.4 is 0 Å². The molecule has 2 fully saturated rings. The first-order valence-corrected chi connectivity index (χ1v) is 7.66. The van der Waals surface area contributed by atoms with E-state index in [4.69, 9.17) is 9.84 Å². The second-order valence-electron chi connectivity index (χ2n) is 4.78. The predicted octanol–water partition coefficient (Wildman–Crippen LogP) is -0.798. The molecule has 0 aromatic heterocycles. The summed E-state index contributed by atoms with van der Waals surface area (Å²) in [5.74, 6) is -0.638. The molecule has 2 amide bonds. The maximum absolute atomic E-state index is 12.3. The van der Waals surface area contributed by atoms with Crippen molar-refractivity contribution in [2.45, 2.75) is 6.04 Å². The van der Waals surface area contributed by atoms with E-state index in [0.717, 1.165) is 0 Å². The Hall–Kier alpha value is -1.15. The van der Waals surface area contributed by atoms with E-state index in [-0.39, 0.29) is 19.2 Å². The fourth-order valence-electron chi connectivity index (χ4n) is 2.35. The minimum atomic E-state index is -0.943. The summed E-state index contributed by atoms with van der Waals surface area (Å²) in [6, 6.07) is -0.643. The van der Waals surface area contributed by atoms with E-state index in [1.54, 1.807) is 11.9 Å². The number of carbonyl (C=O) groups excluding carboxylic acids is 1. The maximum atomic E-state index is 12.3. The van der Waals surface area contributed by atoms with Gasteiger partial charge in [0.25, 0.3) is 0 Å². The lowest BCUT2D eigenvalue weighted by molar-refractivity contribution is -0.142. The number of amides is 2. The van der Waals surface area contributed by atoms with Gasteiger partial charge in [-0.3, -0.25) is 9.00 Å². The van der Waals surface area contributed by atoms with Gasteiger partial charge in [0.2, 0.25) is 0 Å². The van der Waals surface area contributed by atoms with Crippen LogP contribution >= 0.6 is 0 Å². The minimum absolute atomic E-state index is 0.141. The lowest BCUT2D eigenvalue weighted by Crippen LogP contribution is -2.52. The van der Waals surface area contributed by atoms with Crippen LogP contribution in [0.1, 0.15) is 0 Å². The largest absolute Gasteiger partial charge is 0.481 e. The predicted molar refractivity (Wildman–Crippen MR) is 68.3 cm³/mol. The monoisotopic (exact) mass is 290 g/mol. The van der Waals surface area contributed by atoms with E-state index >= 15 is 0 Å². The molecule has 0 bridgehead atoms. The van der Waals surface area contributed by atoms with Gasteiger partial charge in [0.15, 0.2) is 0 Å². The van der Waals surface area contributed by atoms with Crippen molar-refractivity contribution in [1.29, 1.82) is 0 Å². The molecule has 108 valence electrons. The normalized spacial score (nSPS) is 28.4. The molecular weight excluding hydrogens is 272 g/mol. The second-order valence-corrected chi connectivity index (χ2v) is 6.47. The van der Waals surface area contributed by atoms with Gasteiger partial charge in [-0.25, -0.2) is 4.79 Å². The summed E-state index contributed by atoms with van der Waals surface area (Å²) in [6.07, 6.45) is 0. The van der Waals surface area contributed by atoms with Crippen LogP contribution in [-0.4, -0.2) is 82.0 Å². The van der Waals surface area contributed by atoms with Crippen molar-refractivity contribution in [2.24, 2.45) is 5.92 Å². The number of nitrogens with zero attached hydrogens (tertiary/aromatic N) is 2. The Labute approximate surface area is 114 Å². The summed E-state index contributed by atoms with van der Waals surface area (Å²) < 4.78 is 16.4. The lowest BCUT2D eigenvalue weighted by atomic mass is 10.0. The Balaban J connectivity index is 1.98. The molecule has 0 aliphatic carbocycles. The van der Waals surface area contributed by atoms with Crippen LogP contribution in [0.3, 0.4) is 0 Å². The average molecular weight is 290 g/mol. The number of urea groups is 1. The summed E-state index contributed by atoms with van der Waals surface area (Å²) in [5.41, 5.74) is 0. The molecule has 8 heteroatoms. The molecule has 7 nitrogen and oxygen atoms in total. The highest BCUT2D eigenvalue weighted by molar-refractivity contribution is 7.85. The molecule has 2 aliphatic heterocycles. The zero-order valence-electron chi connectivity index (χ0n) is 10.8. The summed E-state index contributed by atoms with van der Waals surface area (Å²) in [7, 11) is 0.762. The number of carbonyl (C=O) groups is 2. The Morgan fingerprint density at radius 1 is 1.32 bits per heavy atom. The smallest absolute Gasteiger partial charge is 0.320 e. The van der Waals surface area contributed by atoms with E-state index in [1.807, 2.05) is 0 Å². The van der Waals surface area contributed by atoms with E-state index in [0.29, 0.717) is 24.6 Å². The first-order chi connectivity index (χ1) is 9.00. The van der Waals surface area contributed by atoms with E-state index in [2.05, 4.69) is 0 Å². The summed E-state index contributed by atoms with van der Waals surface area (Å²) >= 11 is 0. The quantitative estimate of drug-likeness (QED) is 0.719. The lowest BCUT2D eigenvalue weighted by Gasteiger charge is -2.34. The van der Waals surface area contributed by atoms with Gasteiger partial charge >= 0.3 is 12.0 Å². The molecule has 0 saturated carbocycles. The van der Waals surface area contributed by atoms with Crippen molar-refractivity contribution in [3.8, 4) is 0 Å². The SMILES string of the molecule is CN(C(=O)N1CCS(=O)CC1)C1COCC1C(=O)O. The van der Waals surface area contributed by atoms with Crippen molar-refractivity contribution in [1.82, 2.24) is 9.80 Å². The Morgan fingerprint density at radius 2 is 1.95 bits per heavy atom. The first kappa shape index (κ1) is 14.3. The highest BCUT2D eigenvalue weighted by atomic mass is 32.2. The van der Waals surface area contributed by atoms with Crippen LogP contribution in [0.4, 0.5) is 4.79 Å². The number of carboxylic acid groups (broad SMARTS) is 1. The molecule has 2 rings (SSSR count). The van der Waals surface area contributed by atoms with Gasteiger partial charge in [0.05, 0.1) is 19.3 Å². The zero-order valence-corrected chi connectivity index (χ0v) is 11.6. The highest BCUT2D eigenvalue weighted by Gasteiger charge is 2.39. The molecule has 0 aromatic rings. The molecule has 2 saturated heterocycles. The van der Waals surface area contributed by atoms with Crippen LogP contribution in [0.15, 0.2) is 0 Å². The van der Waals surface area contributed by atoms with Crippen LogP contribution in [-0.2, 0) is 20.3 Å². The second kappa shape index (κ2) is 5.87. The Kier molecular flexibility index (Phi) is 4.41. The van der Waals surface area contributed by atoms with Crippen molar-refractivity contribution in [2.75, 3.05) is 44.9 Å². The van der Waals surface area contributed by atoms with E-state index in [1.165, 1.54) is 4.90 Å². The molecule has 2 heterocycles. The van der Waals surface area contributed by atoms with Gasteiger partial charge in [-0.05, 0) is 0 Å². The molecular formula is C11H18N2O5S. The standard InChI is InChI=1S/C11H18N2O5S/c1-12(9-7-18-6-8(9)10(14)15)11(16)13-2-4-19(17)5-3-13/h8-9H,2-7H2,1H3,(H,14,15). The van der Waals surface area contributed by atoms with E-state index in [9.17, 15) is 13.8 Å². The molecule has 2 aliphatic rings. The maximum Gasteiger partial charge on any atom is 0.320 e. The number of carboxylic acids is 1. The minimum Gasteiger partial charge on any atom is -0.481 e. The molecule has 1 N–H and O–H groups in total. The molecule has 2 atom stereocenters. The molecule has 19 heavy (non-hydrogen) atoms. The number of ether oxygens (including phenoxy) is 1. The van der Waals surface area contributed by atoms with Gasteiger partial charge in [0, 0.05) is 42.4 Å².